The quantitative estimate of drug-likeness (QED) is 0.323. The molecule has 0 bridgehead atoms. The van der Waals surface area contributed by atoms with Crippen LogP contribution in [-0.4, -0.2) is 41.7 Å². The highest BCUT2D eigenvalue weighted by atomic mass is 16.6. The molecule has 4 N–H and O–H groups in total. The van der Waals surface area contributed by atoms with Crippen molar-refractivity contribution in [1.29, 1.82) is 0 Å². The van der Waals surface area contributed by atoms with Crippen LogP contribution in [0.4, 0.5) is 17.1 Å². The number of methoxy groups -OCH3 is 1. The Balaban J connectivity index is 1.69. The summed E-state index contributed by atoms with van der Waals surface area (Å²) < 4.78 is 5.26. The molecular weight excluding hydrogens is 446 g/mol. The average Bonchev–Trinajstić information content (AvgIpc) is 3.37. The Morgan fingerprint density at radius 2 is 1.94 bits per heavy atom. The van der Waals surface area contributed by atoms with Gasteiger partial charge in [-0.2, -0.15) is 0 Å². The van der Waals surface area contributed by atoms with Gasteiger partial charge in [-0.25, -0.2) is 4.90 Å². The van der Waals surface area contributed by atoms with Crippen LogP contribution in [0, 0.1) is 22.0 Å². The summed E-state index contributed by atoms with van der Waals surface area (Å²) in [6.45, 7) is 0. The minimum absolute atomic E-state index is 0.0667. The molecule has 0 aromatic heterocycles. The topological polar surface area (TPSA) is 174 Å². The largest absolute Gasteiger partial charge is 0.495 e. The molecule has 174 valence electrons. The molecule has 1 spiro atoms. The van der Waals surface area contributed by atoms with Gasteiger partial charge in [0.25, 0.3) is 5.69 Å². The van der Waals surface area contributed by atoms with E-state index in [9.17, 15) is 29.3 Å². The monoisotopic (exact) mass is 465 g/mol. The van der Waals surface area contributed by atoms with E-state index < -0.39 is 52.0 Å². The standard InChI is InChI=1S/C22H19N5O7/c1-34-15-7-6-10(27(32)33)8-14(15)26-19(29)17-13(9-16(23)28)25-22(18(17)20(26)30)11-4-2-3-5-12(11)24-21(22)31/h2-8,13,17-18,25H,9H2,1H3,(H2,23,28)(H,24,31). The van der Waals surface area contributed by atoms with Crippen LogP contribution in [0.1, 0.15) is 12.0 Å². The molecule has 12 nitrogen and oxygen atoms in total. The second-order valence-electron chi connectivity index (χ2n) is 8.36. The van der Waals surface area contributed by atoms with Crippen LogP contribution >= 0.6 is 0 Å². The van der Waals surface area contributed by atoms with Crippen molar-refractivity contribution in [3.8, 4) is 5.75 Å². The maximum Gasteiger partial charge on any atom is 0.271 e. The van der Waals surface area contributed by atoms with Crippen molar-refractivity contribution in [3.63, 3.8) is 0 Å². The number of para-hydroxylation sites is 1. The highest BCUT2D eigenvalue weighted by Crippen LogP contribution is 2.54. The zero-order chi connectivity index (χ0) is 24.4. The van der Waals surface area contributed by atoms with Crippen LogP contribution in [-0.2, 0) is 24.7 Å². The number of hydrogen-bond donors (Lipinski definition) is 3. The minimum Gasteiger partial charge on any atom is -0.495 e. The lowest BCUT2D eigenvalue weighted by molar-refractivity contribution is -0.384. The predicted molar refractivity (Wildman–Crippen MR) is 117 cm³/mol. The number of anilines is 2. The maximum atomic E-state index is 13.8. The van der Waals surface area contributed by atoms with E-state index in [0.29, 0.717) is 11.3 Å². The molecule has 2 aromatic carbocycles. The van der Waals surface area contributed by atoms with E-state index in [1.807, 2.05) is 0 Å². The van der Waals surface area contributed by atoms with Gasteiger partial charge in [-0.05, 0) is 12.1 Å². The number of primary amides is 1. The Morgan fingerprint density at radius 3 is 2.62 bits per heavy atom. The zero-order valence-electron chi connectivity index (χ0n) is 17.8. The smallest absolute Gasteiger partial charge is 0.271 e. The highest BCUT2D eigenvalue weighted by Gasteiger charge is 2.70. The first-order valence-electron chi connectivity index (χ1n) is 10.4. The summed E-state index contributed by atoms with van der Waals surface area (Å²) in [4.78, 5) is 64.1. The van der Waals surface area contributed by atoms with Gasteiger partial charge in [0.15, 0.2) is 0 Å². The van der Waals surface area contributed by atoms with Crippen molar-refractivity contribution in [2.45, 2.75) is 18.0 Å². The molecular formula is C22H19N5O7. The van der Waals surface area contributed by atoms with Crippen molar-refractivity contribution < 1.29 is 28.8 Å². The van der Waals surface area contributed by atoms with E-state index in [4.69, 9.17) is 10.5 Å². The summed E-state index contributed by atoms with van der Waals surface area (Å²) in [6.07, 6.45) is -0.294. The van der Waals surface area contributed by atoms with E-state index in [0.717, 1.165) is 11.0 Å². The van der Waals surface area contributed by atoms with E-state index in [2.05, 4.69) is 10.6 Å². The zero-order valence-corrected chi connectivity index (χ0v) is 17.8. The fraction of sp³-hybridized carbons (Fsp3) is 0.273. The summed E-state index contributed by atoms with van der Waals surface area (Å²) >= 11 is 0. The van der Waals surface area contributed by atoms with E-state index >= 15 is 0 Å². The van der Waals surface area contributed by atoms with E-state index in [1.54, 1.807) is 24.3 Å². The van der Waals surface area contributed by atoms with Gasteiger partial charge < -0.3 is 15.8 Å². The minimum atomic E-state index is -1.61. The molecule has 2 fully saturated rings. The molecule has 0 saturated carbocycles. The summed E-state index contributed by atoms with van der Waals surface area (Å²) in [5.74, 6) is -4.95. The molecule has 3 heterocycles. The number of rotatable bonds is 5. The first-order valence-corrected chi connectivity index (χ1v) is 10.4. The van der Waals surface area contributed by atoms with Crippen molar-refractivity contribution in [1.82, 2.24) is 5.32 Å². The van der Waals surface area contributed by atoms with Gasteiger partial charge in [-0.3, -0.25) is 34.6 Å². The van der Waals surface area contributed by atoms with Gasteiger partial charge in [-0.15, -0.1) is 0 Å². The van der Waals surface area contributed by atoms with E-state index in [-0.39, 0.29) is 23.5 Å². The van der Waals surface area contributed by atoms with Crippen molar-refractivity contribution in [3.05, 3.63) is 58.1 Å². The van der Waals surface area contributed by atoms with Crippen molar-refractivity contribution in [2.75, 3.05) is 17.3 Å². The lowest BCUT2D eigenvalue weighted by atomic mass is 9.76. The number of nitro benzene ring substituents is 1. The van der Waals surface area contributed by atoms with Crippen LogP contribution in [0.3, 0.4) is 0 Å². The number of fused-ring (bicyclic) bond motifs is 4. The lowest BCUT2D eigenvalue weighted by Gasteiger charge is -2.29. The molecule has 12 heteroatoms. The summed E-state index contributed by atoms with van der Waals surface area (Å²) in [5, 5.41) is 17.2. The Kier molecular flexibility index (Phi) is 4.65. The lowest BCUT2D eigenvalue weighted by Crippen LogP contribution is -2.53. The first-order chi connectivity index (χ1) is 16.2. The Hall–Kier alpha value is -4.32. The molecule has 4 atom stereocenters. The van der Waals surface area contributed by atoms with Crippen molar-refractivity contribution >= 4 is 40.7 Å². The molecule has 4 unspecified atom stereocenters. The summed E-state index contributed by atoms with van der Waals surface area (Å²) in [7, 11) is 1.30. The predicted octanol–water partition coefficient (Wildman–Crippen LogP) is 0.404. The number of nitrogens with one attached hydrogen (secondary N) is 2. The fourth-order valence-electron chi connectivity index (χ4n) is 5.35. The number of amides is 4. The second-order valence-corrected chi connectivity index (χ2v) is 8.36. The molecule has 0 aliphatic carbocycles. The number of nitrogens with zero attached hydrogens (tertiary/aromatic N) is 2. The van der Waals surface area contributed by atoms with Gasteiger partial charge in [0.1, 0.15) is 17.0 Å². The number of ether oxygens (including phenoxy) is 1. The molecule has 34 heavy (non-hydrogen) atoms. The van der Waals surface area contributed by atoms with E-state index in [1.165, 1.54) is 19.2 Å². The maximum absolute atomic E-state index is 13.8. The SMILES string of the molecule is COc1ccc([N+](=O)[O-])cc1N1C(=O)C2C(CC(N)=O)NC3(C(=O)Nc4ccccc43)C2C1=O. The highest BCUT2D eigenvalue weighted by molar-refractivity contribution is 6.26. The molecule has 2 saturated heterocycles. The van der Waals surface area contributed by atoms with Crippen LogP contribution in [0.5, 0.6) is 5.75 Å². The number of carbonyl (C=O) groups excluding carboxylic acids is 4. The van der Waals surface area contributed by atoms with Crippen molar-refractivity contribution in [2.24, 2.45) is 17.6 Å². The van der Waals surface area contributed by atoms with Gasteiger partial charge in [0, 0.05) is 35.8 Å². The molecule has 4 amide bonds. The number of benzene rings is 2. The number of hydrogen-bond acceptors (Lipinski definition) is 8. The third-order valence-corrected chi connectivity index (χ3v) is 6.66. The number of imide groups is 1. The number of non-ortho nitro benzene ring substituents is 1. The number of nitro groups is 1. The normalized spacial score (nSPS) is 27.0. The van der Waals surface area contributed by atoms with Gasteiger partial charge in [0.2, 0.25) is 23.6 Å². The van der Waals surface area contributed by atoms with Crippen LogP contribution in [0.2, 0.25) is 0 Å². The van der Waals surface area contributed by atoms with Crippen LogP contribution in [0.15, 0.2) is 42.5 Å². The number of nitrogens with two attached hydrogens (primary N) is 1. The van der Waals surface area contributed by atoms with Gasteiger partial charge in [0.05, 0.1) is 23.9 Å². The second kappa shape index (κ2) is 7.35. The average molecular weight is 465 g/mol. The third-order valence-electron chi connectivity index (χ3n) is 6.66. The van der Waals surface area contributed by atoms with Crippen LogP contribution < -0.4 is 26.0 Å². The molecule has 2 aromatic rings. The summed E-state index contributed by atoms with van der Waals surface area (Å²) in [5.41, 5.74) is 4.28. The molecule has 0 radical (unpaired) electrons. The molecule has 5 rings (SSSR count). The molecule has 3 aliphatic rings. The van der Waals surface area contributed by atoms with Gasteiger partial charge >= 0.3 is 0 Å². The fourth-order valence-corrected chi connectivity index (χ4v) is 5.35. The number of carbonyl (C=O) groups is 4. The first kappa shape index (κ1) is 21.5. The summed E-state index contributed by atoms with van der Waals surface area (Å²) in [6, 6.07) is 9.38. The third kappa shape index (κ3) is 2.75. The molecule has 3 aliphatic heterocycles. The van der Waals surface area contributed by atoms with Crippen LogP contribution in [0.25, 0.3) is 0 Å². The Morgan fingerprint density at radius 1 is 1.21 bits per heavy atom. The Bertz CT molecular complexity index is 1290. The van der Waals surface area contributed by atoms with Gasteiger partial charge in [-0.1, -0.05) is 18.2 Å². The Labute approximate surface area is 192 Å².